The normalized spacial score (nSPS) is 20.5. The van der Waals surface area contributed by atoms with Gasteiger partial charge >= 0.3 is 12.0 Å². The van der Waals surface area contributed by atoms with Gasteiger partial charge in [0.05, 0.1) is 6.54 Å². The second-order valence-corrected chi connectivity index (χ2v) is 5.83. The molecule has 2 amide bonds. The van der Waals surface area contributed by atoms with Crippen molar-refractivity contribution < 1.29 is 14.7 Å². The first-order valence-electron chi connectivity index (χ1n) is 7.62. The van der Waals surface area contributed by atoms with E-state index in [1.165, 1.54) is 19.3 Å². The predicted molar refractivity (Wildman–Crippen MR) is 75.6 cm³/mol. The second kappa shape index (κ2) is 7.47. The van der Waals surface area contributed by atoms with E-state index in [2.05, 4.69) is 5.32 Å². The molecule has 0 aromatic carbocycles. The molecule has 1 saturated heterocycles. The van der Waals surface area contributed by atoms with Crippen LogP contribution in [0.1, 0.15) is 32.1 Å². The zero-order valence-corrected chi connectivity index (χ0v) is 12.0. The summed E-state index contributed by atoms with van der Waals surface area (Å²) in [5.74, 6) is 0.109. The smallest absolute Gasteiger partial charge is 0.317 e. The summed E-state index contributed by atoms with van der Waals surface area (Å²) in [6, 6.07) is -0.00188. The molecule has 114 valence electrons. The molecule has 2 rings (SSSR count). The molecule has 0 radical (unpaired) electrons. The van der Waals surface area contributed by atoms with Crippen LogP contribution in [-0.4, -0.2) is 66.2 Å². The SMILES string of the molecule is O=C(O)CN1CCCN(C(=O)NCCCC2CC2)CC1. The third kappa shape index (κ3) is 5.36. The lowest BCUT2D eigenvalue weighted by Gasteiger charge is -2.21. The highest BCUT2D eigenvalue weighted by Gasteiger charge is 2.21. The van der Waals surface area contributed by atoms with Gasteiger partial charge in [-0.2, -0.15) is 0 Å². The van der Waals surface area contributed by atoms with Gasteiger partial charge in [0, 0.05) is 32.7 Å². The van der Waals surface area contributed by atoms with Crippen molar-refractivity contribution in [1.82, 2.24) is 15.1 Å². The number of carbonyl (C=O) groups is 2. The van der Waals surface area contributed by atoms with Gasteiger partial charge in [-0.1, -0.05) is 12.8 Å². The van der Waals surface area contributed by atoms with Crippen LogP contribution in [0.3, 0.4) is 0 Å². The Morgan fingerprint density at radius 1 is 1.15 bits per heavy atom. The zero-order chi connectivity index (χ0) is 14.4. The summed E-state index contributed by atoms with van der Waals surface area (Å²) < 4.78 is 0. The molecule has 0 spiro atoms. The number of hydrogen-bond donors (Lipinski definition) is 2. The monoisotopic (exact) mass is 283 g/mol. The van der Waals surface area contributed by atoms with Crippen LogP contribution >= 0.6 is 0 Å². The molecule has 1 aliphatic carbocycles. The van der Waals surface area contributed by atoms with Gasteiger partial charge in [-0.25, -0.2) is 4.79 Å². The first kappa shape index (κ1) is 15.1. The molecular formula is C14H25N3O3. The summed E-state index contributed by atoms with van der Waals surface area (Å²) in [5.41, 5.74) is 0. The first-order valence-corrected chi connectivity index (χ1v) is 7.62. The van der Waals surface area contributed by atoms with Crippen LogP contribution in [0.5, 0.6) is 0 Å². The van der Waals surface area contributed by atoms with E-state index in [0.29, 0.717) is 19.6 Å². The molecule has 20 heavy (non-hydrogen) atoms. The third-order valence-corrected chi connectivity index (χ3v) is 4.00. The minimum atomic E-state index is -0.803. The third-order valence-electron chi connectivity index (χ3n) is 4.00. The Morgan fingerprint density at radius 3 is 2.65 bits per heavy atom. The van der Waals surface area contributed by atoms with Crippen molar-refractivity contribution in [3.8, 4) is 0 Å². The van der Waals surface area contributed by atoms with Gasteiger partial charge in [-0.15, -0.1) is 0 Å². The van der Waals surface area contributed by atoms with E-state index in [-0.39, 0.29) is 12.6 Å². The molecule has 1 aliphatic heterocycles. The van der Waals surface area contributed by atoms with E-state index in [9.17, 15) is 9.59 Å². The number of hydrogen-bond acceptors (Lipinski definition) is 3. The van der Waals surface area contributed by atoms with Crippen molar-refractivity contribution in [3.63, 3.8) is 0 Å². The van der Waals surface area contributed by atoms with Gasteiger partial charge in [0.1, 0.15) is 0 Å². The molecule has 0 aromatic heterocycles. The highest BCUT2D eigenvalue weighted by Crippen LogP contribution is 2.33. The Bertz CT molecular complexity index is 345. The fourth-order valence-electron chi connectivity index (χ4n) is 2.63. The topological polar surface area (TPSA) is 72.9 Å². The molecule has 1 heterocycles. The Balaban J connectivity index is 1.63. The summed E-state index contributed by atoms with van der Waals surface area (Å²) >= 11 is 0. The average Bonchev–Trinajstić information content (AvgIpc) is 3.21. The van der Waals surface area contributed by atoms with Crippen molar-refractivity contribution in [3.05, 3.63) is 0 Å². The van der Waals surface area contributed by atoms with Crippen molar-refractivity contribution in [2.45, 2.75) is 32.1 Å². The fourth-order valence-corrected chi connectivity index (χ4v) is 2.63. The fraction of sp³-hybridized carbons (Fsp3) is 0.857. The average molecular weight is 283 g/mol. The van der Waals surface area contributed by atoms with E-state index in [1.54, 1.807) is 4.90 Å². The van der Waals surface area contributed by atoms with Crippen LogP contribution < -0.4 is 5.32 Å². The highest BCUT2D eigenvalue weighted by molar-refractivity contribution is 5.74. The number of amides is 2. The van der Waals surface area contributed by atoms with Gasteiger partial charge < -0.3 is 15.3 Å². The van der Waals surface area contributed by atoms with Gasteiger partial charge in [-0.3, -0.25) is 9.69 Å². The summed E-state index contributed by atoms with van der Waals surface area (Å²) in [5, 5.41) is 11.8. The standard InChI is InChI=1S/C14H25N3O3/c18-13(19)11-16-7-2-8-17(10-9-16)14(20)15-6-1-3-12-4-5-12/h12H,1-11H2,(H,15,20)(H,18,19). The summed E-state index contributed by atoms with van der Waals surface area (Å²) in [4.78, 5) is 26.4. The Morgan fingerprint density at radius 2 is 1.95 bits per heavy atom. The number of urea groups is 1. The molecule has 6 nitrogen and oxygen atoms in total. The zero-order valence-electron chi connectivity index (χ0n) is 12.0. The number of nitrogens with one attached hydrogen (secondary N) is 1. The largest absolute Gasteiger partial charge is 0.480 e. The number of carboxylic acid groups (broad SMARTS) is 1. The lowest BCUT2D eigenvalue weighted by molar-refractivity contribution is -0.138. The number of carboxylic acids is 1. The minimum Gasteiger partial charge on any atom is -0.480 e. The number of aliphatic carboxylic acids is 1. The lowest BCUT2D eigenvalue weighted by Crippen LogP contribution is -2.42. The van der Waals surface area contributed by atoms with E-state index < -0.39 is 5.97 Å². The maximum atomic E-state index is 12.0. The molecule has 2 fully saturated rings. The number of carbonyl (C=O) groups excluding carboxylic acids is 1. The number of rotatable bonds is 6. The van der Waals surface area contributed by atoms with Crippen LogP contribution in [0.25, 0.3) is 0 Å². The van der Waals surface area contributed by atoms with Gasteiger partial charge in [0.25, 0.3) is 0 Å². The molecule has 0 atom stereocenters. The summed E-state index contributed by atoms with van der Waals surface area (Å²) in [7, 11) is 0. The molecule has 0 bridgehead atoms. The van der Waals surface area contributed by atoms with Gasteiger partial charge in [0.2, 0.25) is 0 Å². The Hall–Kier alpha value is -1.30. The van der Waals surface area contributed by atoms with E-state index in [4.69, 9.17) is 5.11 Å². The van der Waals surface area contributed by atoms with Crippen LogP contribution in [0.15, 0.2) is 0 Å². The first-order chi connectivity index (χ1) is 9.65. The summed E-state index contributed by atoms with van der Waals surface area (Å²) in [6.07, 6.45) is 5.85. The molecule has 0 unspecified atom stereocenters. The molecule has 0 aromatic rings. The van der Waals surface area contributed by atoms with Crippen LogP contribution in [-0.2, 0) is 4.79 Å². The maximum absolute atomic E-state index is 12.0. The van der Waals surface area contributed by atoms with Crippen molar-refractivity contribution >= 4 is 12.0 Å². The van der Waals surface area contributed by atoms with Crippen molar-refractivity contribution in [2.24, 2.45) is 5.92 Å². The Labute approximate surface area is 120 Å². The van der Waals surface area contributed by atoms with E-state index in [1.807, 2.05) is 4.90 Å². The van der Waals surface area contributed by atoms with Gasteiger partial charge in [0.15, 0.2) is 0 Å². The summed E-state index contributed by atoms with van der Waals surface area (Å²) in [6.45, 7) is 3.54. The lowest BCUT2D eigenvalue weighted by atomic mass is 10.2. The Kier molecular flexibility index (Phi) is 5.64. The second-order valence-electron chi connectivity index (χ2n) is 5.83. The van der Waals surface area contributed by atoms with Gasteiger partial charge in [-0.05, 0) is 25.2 Å². The van der Waals surface area contributed by atoms with Crippen molar-refractivity contribution in [1.29, 1.82) is 0 Å². The minimum absolute atomic E-state index is 0.00188. The molecule has 2 aliphatic rings. The maximum Gasteiger partial charge on any atom is 0.317 e. The molecule has 1 saturated carbocycles. The quantitative estimate of drug-likeness (QED) is 0.713. The van der Waals surface area contributed by atoms with Crippen LogP contribution in [0.2, 0.25) is 0 Å². The van der Waals surface area contributed by atoms with Crippen LogP contribution in [0, 0.1) is 5.92 Å². The van der Waals surface area contributed by atoms with Crippen LogP contribution in [0.4, 0.5) is 4.79 Å². The van der Waals surface area contributed by atoms with E-state index >= 15 is 0 Å². The predicted octanol–water partition coefficient (Wildman–Crippen LogP) is 0.978. The number of nitrogens with zero attached hydrogens (tertiary/aromatic N) is 2. The van der Waals surface area contributed by atoms with E-state index in [0.717, 1.165) is 31.8 Å². The molecule has 6 heteroatoms. The van der Waals surface area contributed by atoms with Crippen molar-refractivity contribution in [2.75, 3.05) is 39.3 Å². The highest BCUT2D eigenvalue weighted by atomic mass is 16.4. The molecule has 2 N–H and O–H groups in total. The molecular weight excluding hydrogens is 258 g/mol.